The maximum Gasteiger partial charge on any atom is 0.258 e. The number of carbonyl (C=O) groups is 3. The van der Waals surface area contributed by atoms with Gasteiger partial charge in [0.1, 0.15) is 6.04 Å². The molecule has 3 amide bonds. The molecule has 1 aromatic carbocycles. The van der Waals surface area contributed by atoms with Gasteiger partial charge in [0.2, 0.25) is 11.8 Å². The van der Waals surface area contributed by atoms with Crippen LogP contribution in [0.3, 0.4) is 0 Å². The Kier molecular flexibility index (Phi) is 3.90. The topological polar surface area (TPSA) is 81.8 Å². The van der Waals surface area contributed by atoms with Gasteiger partial charge in [-0.3, -0.25) is 19.7 Å². The minimum absolute atomic E-state index is 0.0360. The van der Waals surface area contributed by atoms with Gasteiger partial charge >= 0.3 is 0 Å². The van der Waals surface area contributed by atoms with Crippen LogP contribution in [0.1, 0.15) is 41.6 Å². The number of imide groups is 1. The van der Waals surface area contributed by atoms with Crippen molar-refractivity contribution in [1.29, 1.82) is 0 Å². The number of benzene rings is 1. The molecule has 5 aliphatic rings. The van der Waals surface area contributed by atoms with E-state index in [1.54, 1.807) is 0 Å². The van der Waals surface area contributed by atoms with Gasteiger partial charge in [-0.25, -0.2) is 8.78 Å². The van der Waals surface area contributed by atoms with Crippen LogP contribution in [0.4, 0.5) is 14.5 Å². The number of carbonyl (C=O) groups excluding carboxylic acids is 3. The van der Waals surface area contributed by atoms with Crippen LogP contribution >= 0.6 is 0 Å². The molecule has 0 spiro atoms. The van der Waals surface area contributed by atoms with Crippen LogP contribution in [-0.4, -0.2) is 53.8 Å². The number of rotatable bonds is 2. The monoisotopic (exact) mass is 390 g/mol. The second kappa shape index (κ2) is 6.23. The molecule has 3 unspecified atom stereocenters. The van der Waals surface area contributed by atoms with E-state index in [1.807, 2.05) is 0 Å². The van der Waals surface area contributed by atoms with Crippen molar-refractivity contribution in [1.82, 2.24) is 15.5 Å². The minimum atomic E-state index is -1.17. The Labute approximate surface area is 160 Å². The molecule has 6 rings (SSSR count). The predicted octanol–water partition coefficient (Wildman–Crippen LogP) is 0.666. The summed E-state index contributed by atoms with van der Waals surface area (Å²) in [4.78, 5) is 39.9. The highest BCUT2D eigenvalue weighted by atomic mass is 19.2. The molecule has 2 bridgehead atoms. The van der Waals surface area contributed by atoms with Gasteiger partial charge in [-0.05, 0) is 19.3 Å². The lowest BCUT2D eigenvalue weighted by molar-refractivity contribution is -0.136. The first-order valence-corrected chi connectivity index (χ1v) is 9.59. The fraction of sp³-hybridized carbons (Fsp3) is 0.526. The van der Waals surface area contributed by atoms with Crippen LogP contribution in [0.15, 0.2) is 6.07 Å². The molecule has 2 N–H and O–H groups in total. The molecule has 4 saturated heterocycles. The zero-order valence-electron chi connectivity index (χ0n) is 15.1. The summed E-state index contributed by atoms with van der Waals surface area (Å²) in [5.74, 6) is -3.87. The highest BCUT2D eigenvalue weighted by molar-refractivity contribution is 6.06. The van der Waals surface area contributed by atoms with E-state index >= 15 is 0 Å². The minimum Gasteiger partial charge on any atom is -0.365 e. The van der Waals surface area contributed by atoms with Gasteiger partial charge in [0.15, 0.2) is 11.6 Å². The van der Waals surface area contributed by atoms with E-state index in [4.69, 9.17) is 0 Å². The molecular weight excluding hydrogens is 370 g/mol. The number of hydrogen-bond donors (Lipinski definition) is 2. The number of hydrogen-bond acceptors (Lipinski definition) is 5. The van der Waals surface area contributed by atoms with Gasteiger partial charge in [-0.1, -0.05) is 0 Å². The van der Waals surface area contributed by atoms with Crippen molar-refractivity contribution in [2.24, 2.45) is 0 Å². The van der Waals surface area contributed by atoms with Gasteiger partial charge in [0.25, 0.3) is 5.91 Å². The third kappa shape index (κ3) is 2.52. The zero-order valence-corrected chi connectivity index (χ0v) is 15.1. The third-order valence-corrected chi connectivity index (χ3v) is 6.35. The summed E-state index contributed by atoms with van der Waals surface area (Å²) in [5.41, 5.74) is 0.684. The van der Waals surface area contributed by atoms with Gasteiger partial charge in [-0.2, -0.15) is 0 Å². The Hall–Kier alpha value is -2.55. The average Bonchev–Trinajstić information content (AvgIpc) is 3.03. The normalized spacial score (nSPS) is 29.4. The van der Waals surface area contributed by atoms with Gasteiger partial charge in [0, 0.05) is 55.5 Å². The Morgan fingerprint density at radius 1 is 1.07 bits per heavy atom. The maximum atomic E-state index is 14.6. The predicted molar refractivity (Wildman–Crippen MR) is 94.6 cm³/mol. The Morgan fingerprint density at radius 2 is 1.89 bits per heavy atom. The van der Waals surface area contributed by atoms with Crippen LogP contribution in [0.5, 0.6) is 0 Å². The van der Waals surface area contributed by atoms with Crippen molar-refractivity contribution < 1.29 is 23.2 Å². The first kappa shape index (κ1) is 17.5. The van der Waals surface area contributed by atoms with Crippen molar-refractivity contribution in [3.63, 3.8) is 0 Å². The molecule has 3 atom stereocenters. The van der Waals surface area contributed by atoms with Crippen molar-refractivity contribution in [2.45, 2.75) is 50.4 Å². The van der Waals surface area contributed by atoms with Crippen LogP contribution < -0.4 is 15.5 Å². The molecule has 0 radical (unpaired) electrons. The summed E-state index contributed by atoms with van der Waals surface area (Å²) in [5, 5.41) is 5.64. The summed E-state index contributed by atoms with van der Waals surface area (Å²) < 4.78 is 29.0. The van der Waals surface area contributed by atoms with E-state index in [0.717, 1.165) is 19.4 Å². The number of anilines is 1. The van der Waals surface area contributed by atoms with Gasteiger partial charge in [0.05, 0.1) is 5.56 Å². The van der Waals surface area contributed by atoms with Crippen molar-refractivity contribution in [2.75, 3.05) is 18.0 Å². The standard InChI is InChI=1S/C19H20F2N4O3/c20-12-5-14(24-7-9-1-2-10(24)6-22-9)11-8-25(19(28)16(11)17(12)21)13-3-4-15(26)23-18(13)27/h5,9-10,13,22H,1-4,6-8H2,(H,23,26,27). The molecule has 9 heteroatoms. The molecule has 7 nitrogen and oxygen atoms in total. The van der Waals surface area contributed by atoms with E-state index in [-0.39, 0.29) is 42.9 Å². The van der Waals surface area contributed by atoms with Crippen molar-refractivity contribution in [3.8, 4) is 0 Å². The fourth-order valence-corrected chi connectivity index (χ4v) is 4.91. The van der Waals surface area contributed by atoms with E-state index in [0.29, 0.717) is 17.8 Å². The Morgan fingerprint density at radius 3 is 2.54 bits per heavy atom. The number of halogens is 2. The Bertz CT molecular complexity index is 898. The molecular formula is C19H20F2N4O3. The first-order chi connectivity index (χ1) is 13.4. The van der Waals surface area contributed by atoms with Crippen LogP contribution in [0, 0.1) is 11.6 Å². The zero-order chi connectivity index (χ0) is 19.6. The number of nitrogens with one attached hydrogen (secondary N) is 2. The van der Waals surface area contributed by atoms with E-state index in [2.05, 4.69) is 15.5 Å². The molecule has 0 saturated carbocycles. The molecule has 5 aliphatic heterocycles. The quantitative estimate of drug-likeness (QED) is 0.726. The molecule has 4 fully saturated rings. The lowest BCUT2D eigenvalue weighted by Gasteiger charge is -2.47. The van der Waals surface area contributed by atoms with Crippen molar-refractivity contribution >= 4 is 23.4 Å². The fourth-order valence-electron chi connectivity index (χ4n) is 4.91. The van der Waals surface area contributed by atoms with Gasteiger partial charge < -0.3 is 15.1 Å². The summed E-state index contributed by atoms with van der Waals surface area (Å²) in [7, 11) is 0. The Balaban J connectivity index is 1.53. The lowest BCUT2D eigenvalue weighted by atomic mass is 9.91. The number of amides is 3. The summed E-state index contributed by atoms with van der Waals surface area (Å²) in [6, 6.07) is 0.777. The first-order valence-electron chi connectivity index (χ1n) is 9.59. The molecule has 0 aliphatic carbocycles. The van der Waals surface area contributed by atoms with E-state index in [1.165, 1.54) is 11.0 Å². The second-order valence-electron chi connectivity index (χ2n) is 7.93. The molecule has 5 heterocycles. The lowest BCUT2D eigenvalue weighted by Crippen LogP contribution is -2.61. The molecule has 28 heavy (non-hydrogen) atoms. The number of piperazine rings is 1. The average molecular weight is 390 g/mol. The third-order valence-electron chi connectivity index (χ3n) is 6.35. The molecule has 0 aromatic heterocycles. The second-order valence-corrected chi connectivity index (χ2v) is 7.93. The van der Waals surface area contributed by atoms with Crippen LogP contribution in [0.2, 0.25) is 0 Å². The highest BCUT2D eigenvalue weighted by Gasteiger charge is 2.44. The summed E-state index contributed by atoms with van der Waals surface area (Å²) in [6.07, 6.45) is 2.29. The number of fused-ring (bicyclic) bond motifs is 4. The van der Waals surface area contributed by atoms with Crippen molar-refractivity contribution in [3.05, 3.63) is 28.8 Å². The number of nitrogens with zero attached hydrogens (tertiary/aromatic N) is 2. The SMILES string of the molecule is O=C1CCC(N2Cc3c(N4CC5CCC4CN5)cc(F)c(F)c3C2=O)C(=O)N1. The largest absolute Gasteiger partial charge is 0.365 e. The smallest absolute Gasteiger partial charge is 0.258 e. The maximum absolute atomic E-state index is 14.6. The van der Waals surface area contributed by atoms with Crippen LogP contribution in [-0.2, 0) is 16.1 Å². The van der Waals surface area contributed by atoms with E-state index in [9.17, 15) is 23.2 Å². The molecule has 1 aromatic rings. The summed E-state index contributed by atoms with van der Waals surface area (Å²) >= 11 is 0. The van der Waals surface area contributed by atoms with E-state index < -0.39 is 29.5 Å². The summed E-state index contributed by atoms with van der Waals surface area (Å²) in [6.45, 7) is 1.48. The van der Waals surface area contributed by atoms with Crippen LogP contribution in [0.25, 0.3) is 0 Å². The molecule has 148 valence electrons. The number of piperidine rings is 3. The van der Waals surface area contributed by atoms with Gasteiger partial charge in [-0.15, -0.1) is 0 Å². The highest BCUT2D eigenvalue weighted by Crippen LogP contribution is 2.39.